The van der Waals surface area contributed by atoms with Gasteiger partial charge in [-0.05, 0) is 37.2 Å². The second-order valence-corrected chi connectivity index (χ2v) is 3.61. The number of nitrogens with two attached hydrogens (primary N) is 1. The number of nitrogens with zero attached hydrogens (tertiary/aromatic N) is 1. The molecule has 94 valence electrons. The minimum atomic E-state index is 0.0983. The standard InChI is InChI=1S/C12H19N3O2/c1-2-7-14-8-9-17-11-5-3-10(4-6-11)12(13)15-16/h3-6,14,16H,2,7-9H2,1H3,(H2,13,15). The van der Waals surface area contributed by atoms with Crippen LogP contribution < -0.4 is 15.8 Å². The number of ether oxygens (including phenoxy) is 1. The summed E-state index contributed by atoms with van der Waals surface area (Å²) in [4.78, 5) is 0. The first-order valence-electron chi connectivity index (χ1n) is 5.69. The van der Waals surface area contributed by atoms with Crippen LogP contribution in [0.2, 0.25) is 0 Å². The lowest BCUT2D eigenvalue weighted by Crippen LogP contribution is -2.21. The van der Waals surface area contributed by atoms with E-state index in [0.29, 0.717) is 12.2 Å². The molecule has 0 amide bonds. The Kier molecular flexibility index (Phi) is 5.88. The fourth-order valence-electron chi connectivity index (χ4n) is 1.32. The lowest BCUT2D eigenvalue weighted by atomic mass is 10.2. The van der Waals surface area contributed by atoms with Gasteiger partial charge in [0.2, 0.25) is 0 Å². The van der Waals surface area contributed by atoms with Gasteiger partial charge in [-0.1, -0.05) is 12.1 Å². The van der Waals surface area contributed by atoms with Crippen LogP contribution in [0.1, 0.15) is 18.9 Å². The number of amidine groups is 1. The summed E-state index contributed by atoms with van der Waals surface area (Å²) in [5, 5.41) is 14.7. The van der Waals surface area contributed by atoms with E-state index in [9.17, 15) is 0 Å². The molecule has 4 N–H and O–H groups in total. The monoisotopic (exact) mass is 237 g/mol. The molecule has 0 bridgehead atoms. The molecule has 0 fully saturated rings. The van der Waals surface area contributed by atoms with Crippen molar-refractivity contribution in [1.82, 2.24) is 5.32 Å². The van der Waals surface area contributed by atoms with E-state index in [1.807, 2.05) is 0 Å². The van der Waals surface area contributed by atoms with Crippen LogP contribution in [-0.4, -0.2) is 30.7 Å². The first-order chi connectivity index (χ1) is 8.27. The first-order valence-corrected chi connectivity index (χ1v) is 5.69. The molecule has 0 spiro atoms. The highest BCUT2D eigenvalue weighted by atomic mass is 16.5. The Morgan fingerprint density at radius 2 is 2.06 bits per heavy atom. The second kappa shape index (κ2) is 7.51. The molecule has 0 aromatic heterocycles. The van der Waals surface area contributed by atoms with Gasteiger partial charge in [-0.15, -0.1) is 0 Å². The molecule has 0 aliphatic heterocycles. The zero-order chi connectivity index (χ0) is 12.5. The predicted octanol–water partition coefficient (Wildman–Crippen LogP) is 1.16. The molecule has 0 heterocycles. The van der Waals surface area contributed by atoms with Gasteiger partial charge in [0, 0.05) is 12.1 Å². The van der Waals surface area contributed by atoms with Crippen LogP contribution in [0.4, 0.5) is 0 Å². The van der Waals surface area contributed by atoms with Crippen molar-refractivity contribution in [2.75, 3.05) is 19.7 Å². The molecule has 5 heteroatoms. The first kappa shape index (κ1) is 13.3. The normalized spacial score (nSPS) is 11.5. The summed E-state index contributed by atoms with van der Waals surface area (Å²) < 4.78 is 5.52. The number of hydrogen-bond donors (Lipinski definition) is 3. The Morgan fingerprint density at radius 1 is 1.35 bits per heavy atom. The van der Waals surface area contributed by atoms with E-state index in [-0.39, 0.29) is 5.84 Å². The van der Waals surface area contributed by atoms with Gasteiger partial charge in [0.1, 0.15) is 12.4 Å². The molecule has 0 unspecified atom stereocenters. The van der Waals surface area contributed by atoms with Gasteiger partial charge in [0.15, 0.2) is 5.84 Å². The van der Waals surface area contributed by atoms with Crippen molar-refractivity contribution >= 4 is 5.84 Å². The molecule has 1 aromatic carbocycles. The van der Waals surface area contributed by atoms with Crippen LogP contribution in [-0.2, 0) is 0 Å². The van der Waals surface area contributed by atoms with Gasteiger partial charge in [-0.25, -0.2) is 0 Å². The Labute approximate surface area is 101 Å². The van der Waals surface area contributed by atoms with Crippen molar-refractivity contribution in [2.24, 2.45) is 10.9 Å². The molecule has 1 rings (SSSR count). The lowest BCUT2D eigenvalue weighted by molar-refractivity contribution is 0.314. The summed E-state index contributed by atoms with van der Waals surface area (Å²) in [5.74, 6) is 0.874. The molecule has 0 atom stereocenters. The molecule has 0 radical (unpaired) electrons. The fourth-order valence-corrected chi connectivity index (χ4v) is 1.32. The molecule has 1 aromatic rings. The lowest BCUT2D eigenvalue weighted by Gasteiger charge is -2.07. The average Bonchev–Trinajstić information content (AvgIpc) is 2.38. The third-order valence-corrected chi connectivity index (χ3v) is 2.23. The van der Waals surface area contributed by atoms with E-state index in [4.69, 9.17) is 15.7 Å². The van der Waals surface area contributed by atoms with E-state index in [2.05, 4.69) is 17.4 Å². The topological polar surface area (TPSA) is 79.9 Å². The Bertz CT molecular complexity index is 349. The fraction of sp³-hybridized carbons (Fsp3) is 0.417. The highest BCUT2D eigenvalue weighted by Crippen LogP contribution is 2.11. The summed E-state index contributed by atoms with van der Waals surface area (Å²) in [6.45, 7) is 4.59. The van der Waals surface area contributed by atoms with Crippen molar-refractivity contribution in [3.63, 3.8) is 0 Å². The zero-order valence-electron chi connectivity index (χ0n) is 10.0. The maximum absolute atomic E-state index is 8.50. The number of nitrogens with one attached hydrogen (secondary N) is 1. The van der Waals surface area contributed by atoms with E-state index in [1.165, 1.54) is 0 Å². The molecular weight excluding hydrogens is 218 g/mol. The van der Waals surface area contributed by atoms with E-state index in [1.54, 1.807) is 24.3 Å². The highest BCUT2D eigenvalue weighted by molar-refractivity contribution is 5.97. The van der Waals surface area contributed by atoms with Crippen LogP contribution in [0, 0.1) is 0 Å². The third kappa shape index (κ3) is 4.74. The summed E-state index contributed by atoms with van der Waals surface area (Å²) in [6, 6.07) is 7.11. The molecule has 0 saturated heterocycles. The summed E-state index contributed by atoms with van der Waals surface area (Å²) in [5.41, 5.74) is 6.12. The van der Waals surface area contributed by atoms with Crippen LogP contribution in [0.5, 0.6) is 5.75 Å². The minimum Gasteiger partial charge on any atom is -0.492 e. The van der Waals surface area contributed by atoms with Crippen LogP contribution in [0.3, 0.4) is 0 Å². The third-order valence-electron chi connectivity index (χ3n) is 2.23. The quantitative estimate of drug-likeness (QED) is 0.218. The number of rotatable bonds is 7. The molecule has 17 heavy (non-hydrogen) atoms. The summed E-state index contributed by atoms with van der Waals surface area (Å²) in [6.07, 6.45) is 1.12. The summed E-state index contributed by atoms with van der Waals surface area (Å²) in [7, 11) is 0. The predicted molar refractivity (Wildman–Crippen MR) is 67.6 cm³/mol. The molecular formula is C12H19N3O2. The minimum absolute atomic E-state index is 0.0983. The van der Waals surface area contributed by atoms with Crippen LogP contribution >= 0.6 is 0 Å². The van der Waals surface area contributed by atoms with E-state index in [0.717, 1.165) is 25.3 Å². The average molecular weight is 237 g/mol. The Balaban J connectivity index is 2.35. The van der Waals surface area contributed by atoms with Crippen molar-refractivity contribution in [2.45, 2.75) is 13.3 Å². The van der Waals surface area contributed by atoms with Gasteiger partial charge < -0.3 is 21.0 Å². The smallest absolute Gasteiger partial charge is 0.170 e. The molecule has 5 nitrogen and oxygen atoms in total. The molecule has 0 aliphatic rings. The van der Waals surface area contributed by atoms with Gasteiger partial charge in [0.25, 0.3) is 0 Å². The number of benzene rings is 1. The summed E-state index contributed by atoms with van der Waals surface area (Å²) >= 11 is 0. The van der Waals surface area contributed by atoms with Crippen molar-refractivity contribution < 1.29 is 9.94 Å². The van der Waals surface area contributed by atoms with Crippen molar-refractivity contribution in [1.29, 1.82) is 0 Å². The number of oxime groups is 1. The maximum Gasteiger partial charge on any atom is 0.170 e. The molecule has 0 saturated carbocycles. The largest absolute Gasteiger partial charge is 0.492 e. The van der Waals surface area contributed by atoms with E-state index < -0.39 is 0 Å². The zero-order valence-corrected chi connectivity index (χ0v) is 10.0. The Hall–Kier alpha value is -1.75. The van der Waals surface area contributed by atoms with Gasteiger partial charge in [-0.3, -0.25) is 0 Å². The van der Waals surface area contributed by atoms with Gasteiger partial charge >= 0.3 is 0 Å². The van der Waals surface area contributed by atoms with Crippen LogP contribution in [0.15, 0.2) is 29.4 Å². The highest BCUT2D eigenvalue weighted by Gasteiger charge is 1.99. The molecule has 0 aliphatic carbocycles. The Morgan fingerprint density at radius 3 is 2.65 bits per heavy atom. The SMILES string of the molecule is CCCNCCOc1ccc(C(N)=NO)cc1. The van der Waals surface area contributed by atoms with Gasteiger partial charge in [0.05, 0.1) is 0 Å². The van der Waals surface area contributed by atoms with Crippen molar-refractivity contribution in [3.8, 4) is 5.75 Å². The van der Waals surface area contributed by atoms with Gasteiger partial charge in [-0.2, -0.15) is 0 Å². The van der Waals surface area contributed by atoms with Crippen LogP contribution in [0.25, 0.3) is 0 Å². The second-order valence-electron chi connectivity index (χ2n) is 3.61. The maximum atomic E-state index is 8.50. The van der Waals surface area contributed by atoms with E-state index >= 15 is 0 Å². The van der Waals surface area contributed by atoms with Crippen molar-refractivity contribution in [3.05, 3.63) is 29.8 Å². The number of hydrogen-bond acceptors (Lipinski definition) is 4.